The van der Waals surface area contributed by atoms with Crippen molar-refractivity contribution in [3.05, 3.63) is 35.4 Å². The Hall–Kier alpha value is -1.84. The van der Waals surface area contributed by atoms with E-state index in [1.807, 2.05) is 0 Å². The summed E-state index contributed by atoms with van der Waals surface area (Å²) in [6.07, 6.45) is 0.903. The second-order valence-corrected chi connectivity index (χ2v) is 4.10. The molecule has 1 aliphatic rings. The van der Waals surface area contributed by atoms with Crippen molar-refractivity contribution in [2.75, 3.05) is 5.32 Å². The smallest absolute Gasteiger partial charge is 0.157 e. The zero-order valence-electron chi connectivity index (χ0n) is 9.49. The molecule has 1 aliphatic heterocycles. The van der Waals surface area contributed by atoms with Crippen molar-refractivity contribution >= 4 is 5.69 Å². The van der Waals surface area contributed by atoms with Crippen molar-refractivity contribution in [3.8, 4) is 5.69 Å². The maximum absolute atomic E-state index is 4.22. The number of aryl methyl sites for hydroxylation is 2. The van der Waals surface area contributed by atoms with E-state index in [4.69, 9.17) is 0 Å². The van der Waals surface area contributed by atoms with E-state index in [0.717, 1.165) is 30.3 Å². The number of nitrogens with one attached hydrogen (secondary N) is 1. The third kappa shape index (κ3) is 1.23. The van der Waals surface area contributed by atoms with Crippen LogP contribution in [0.25, 0.3) is 5.69 Å². The average molecular weight is 214 g/mol. The van der Waals surface area contributed by atoms with Crippen molar-refractivity contribution in [3.63, 3.8) is 0 Å². The molecule has 0 atom stereocenters. The molecule has 16 heavy (non-hydrogen) atoms. The lowest BCUT2D eigenvalue weighted by molar-refractivity contribution is 0.824. The van der Waals surface area contributed by atoms with Gasteiger partial charge in [0.2, 0.25) is 0 Å². The molecule has 0 spiro atoms. The number of benzene rings is 1. The monoisotopic (exact) mass is 214 g/mol. The van der Waals surface area contributed by atoms with Gasteiger partial charge in [-0.25, -0.2) is 0 Å². The van der Waals surface area contributed by atoms with Crippen LogP contribution in [0.2, 0.25) is 0 Å². The molecule has 4 nitrogen and oxygen atoms in total. The fourth-order valence-corrected chi connectivity index (χ4v) is 2.13. The van der Waals surface area contributed by atoms with Crippen molar-refractivity contribution in [1.82, 2.24) is 14.8 Å². The highest BCUT2D eigenvalue weighted by molar-refractivity contribution is 5.64. The molecule has 0 radical (unpaired) electrons. The number of aromatic nitrogens is 3. The van der Waals surface area contributed by atoms with Gasteiger partial charge in [-0.05, 0) is 24.6 Å². The predicted molar refractivity (Wildman–Crippen MR) is 62.8 cm³/mol. The molecule has 0 fully saturated rings. The zero-order valence-corrected chi connectivity index (χ0v) is 9.49. The fourth-order valence-electron chi connectivity index (χ4n) is 2.13. The summed E-state index contributed by atoms with van der Waals surface area (Å²) in [4.78, 5) is 0. The zero-order chi connectivity index (χ0) is 11.1. The third-order valence-corrected chi connectivity index (χ3v) is 2.94. The number of hydrogen-bond donors (Lipinski definition) is 1. The van der Waals surface area contributed by atoms with Crippen molar-refractivity contribution < 1.29 is 0 Å². The first-order chi connectivity index (χ1) is 7.79. The first-order valence-electron chi connectivity index (χ1n) is 5.57. The van der Waals surface area contributed by atoms with E-state index in [-0.39, 0.29) is 0 Å². The van der Waals surface area contributed by atoms with Crippen LogP contribution in [0.3, 0.4) is 0 Å². The first kappa shape index (κ1) is 9.39. The summed E-state index contributed by atoms with van der Waals surface area (Å²) >= 11 is 0. The Kier molecular flexibility index (Phi) is 1.96. The highest BCUT2D eigenvalue weighted by Crippen LogP contribution is 2.28. The highest BCUT2D eigenvalue weighted by atomic mass is 15.3. The molecule has 2 aromatic rings. The van der Waals surface area contributed by atoms with Gasteiger partial charge in [0.05, 0.1) is 17.9 Å². The van der Waals surface area contributed by atoms with Gasteiger partial charge in [-0.15, -0.1) is 10.2 Å². The molecule has 0 aliphatic carbocycles. The molecule has 0 saturated carbocycles. The lowest BCUT2D eigenvalue weighted by Gasteiger charge is -2.21. The molecule has 82 valence electrons. The molecule has 1 N–H and O–H groups in total. The van der Waals surface area contributed by atoms with Crippen LogP contribution in [-0.2, 0) is 13.0 Å². The molecule has 0 unspecified atom stereocenters. The molecule has 0 amide bonds. The molecule has 1 aromatic carbocycles. The van der Waals surface area contributed by atoms with Gasteiger partial charge in [0.15, 0.2) is 5.82 Å². The molecular weight excluding hydrogens is 200 g/mol. The number of hydrogen-bond acceptors (Lipinski definition) is 3. The summed E-state index contributed by atoms with van der Waals surface area (Å²) in [5.41, 5.74) is 3.58. The largest absolute Gasteiger partial charge is 0.376 e. The van der Waals surface area contributed by atoms with Gasteiger partial charge >= 0.3 is 0 Å². The summed E-state index contributed by atoms with van der Waals surface area (Å²) in [6, 6.07) is 6.41. The Morgan fingerprint density at radius 3 is 3.06 bits per heavy atom. The van der Waals surface area contributed by atoms with Crippen molar-refractivity contribution in [2.24, 2.45) is 0 Å². The van der Waals surface area contributed by atoms with Gasteiger partial charge in [0, 0.05) is 6.42 Å². The average Bonchev–Trinajstić information content (AvgIpc) is 2.72. The molecule has 1 aromatic heterocycles. The molecule has 2 heterocycles. The van der Waals surface area contributed by atoms with E-state index in [9.17, 15) is 0 Å². The maximum atomic E-state index is 4.22. The van der Waals surface area contributed by atoms with Gasteiger partial charge in [-0.2, -0.15) is 0 Å². The number of rotatable bonds is 1. The van der Waals surface area contributed by atoms with E-state index >= 15 is 0 Å². The Morgan fingerprint density at radius 1 is 1.38 bits per heavy atom. The van der Waals surface area contributed by atoms with E-state index < -0.39 is 0 Å². The van der Waals surface area contributed by atoms with Gasteiger partial charge in [0.25, 0.3) is 0 Å². The van der Waals surface area contributed by atoms with Crippen LogP contribution in [0.15, 0.2) is 18.2 Å². The quantitative estimate of drug-likeness (QED) is 0.790. The van der Waals surface area contributed by atoms with Crippen molar-refractivity contribution in [2.45, 2.75) is 26.8 Å². The Labute approximate surface area is 94.3 Å². The number of fused-ring (bicyclic) bond motifs is 3. The molecule has 0 saturated heterocycles. The maximum Gasteiger partial charge on any atom is 0.157 e. The summed E-state index contributed by atoms with van der Waals surface area (Å²) in [5, 5.41) is 11.8. The summed E-state index contributed by atoms with van der Waals surface area (Å²) in [6.45, 7) is 4.96. The first-order valence-corrected chi connectivity index (χ1v) is 5.57. The van der Waals surface area contributed by atoms with Crippen LogP contribution in [-0.4, -0.2) is 14.8 Å². The molecule has 0 bridgehead atoms. The second kappa shape index (κ2) is 3.33. The molecule has 3 rings (SSSR count). The molecule has 4 heteroatoms. The number of anilines is 1. The van der Waals surface area contributed by atoms with Gasteiger partial charge in [0.1, 0.15) is 5.82 Å². The van der Waals surface area contributed by atoms with Crippen LogP contribution in [0.5, 0.6) is 0 Å². The van der Waals surface area contributed by atoms with E-state index in [1.54, 1.807) is 0 Å². The minimum atomic E-state index is 0.753. The topological polar surface area (TPSA) is 42.7 Å². The van der Waals surface area contributed by atoms with Crippen LogP contribution in [0.1, 0.15) is 24.1 Å². The Bertz CT molecular complexity index is 528. The molecular formula is C12H14N4. The lowest BCUT2D eigenvalue weighted by atomic mass is 10.1. The Morgan fingerprint density at radius 2 is 2.25 bits per heavy atom. The predicted octanol–water partition coefficient (Wildman–Crippen LogP) is 2.06. The summed E-state index contributed by atoms with van der Waals surface area (Å²) in [7, 11) is 0. The second-order valence-electron chi connectivity index (χ2n) is 4.10. The summed E-state index contributed by atoms with van der Waals surface area (Å²) in [5.74, 6) is 2.03. The SMILES string of the molecule is CCc1nnc2n1-c1cc(C)ccc1NC2. The van der Waals surface area contributed by atoms with E-state index in [2.05, 4.69) is 52.1 Å². The van der Waals surface area contributed by atoms with E-state index in [0.29, 0.717) is 0 Å². The van der Waals surface area contributed by atoms with E-state index in [1.165, 1.54) is 11.3 Å². The minimum absolute atomic E-state index is 0.753. The normalized spacial score (nSPS) is 12.9. The van der Waals surface area contributed by atoms with Crippen LogP contribution in [0, 0.1) is 6.92 Å². The lowest BCUT2D eigenvalue weighted by Crippen LogP contribution is -2.17. The number of nitrogens with zero attached hydrogens (tertiary/aromatic N) is 3. The highest BCUT2D eigenvalue weighted by Gasteiger charge is 2.19. The Balaban J connectivity index is 2.27. The van der Waals surface area contributed by atoms with Crippen molar-refractivity contribution in [1.29, 1.82) is 0 Å². The summed E-state index contributed by atoms with van der Waals surface area (Å²) < 4.78 is 2.17. The van der Waals surface area contributed by atoms with Gasteiger partial charge in [-0.3, -0.25) is 4.57 Å². The van der Waals surface area contributed by atoms with Gasteiger partial charge in [-0.1, -0.05) is 13.0 Å². The minimum Gasteiger partial charge on any atom is -0.376 e. The standard InChI is InChI=1S/C12H14N4/c1-3-11-14-15-12-7-13-9-5-4-8(2)6-10(9)16(11)12/h4-6,13H,3,7H2,1-2H3. The van der Waals surface area contributed by atoms with Crippen LogP contribution in [0.4, 0.5) is 5.69 Å². The fraction of sp³-hybridized carbons (Fsp3) is 0.333. The van der Waals surface area contributed by atoms with Gasteiger partial charge < -0.3 is 5.32 Å². The van der Waals surface area contributed by atoms with Crippen LogP contribution < -0.4 is 5.32 Å². The third-order valence-electron chi connectivity index (χ3n) is 2.94. The van der Waals surface area contributed by atoms with Crippen LogP contribution >= 0.6 is 0 Å².